The van der Waals surface area contributed by atoms with Crippen molar-refractivity contribution in [1.29, 1.82) is 0 Å². The Morgan fingerprint density at radius 3 is 2.44 bits per heavy atom. The fourth-order valence-corrected chi connectivity index (χ4v) is 1.71. The zero-order valence-corrected chi connectivity index (χ0v) is 10.2. The zero-order valence-electron chi connectivity index (χ0n) is 8.57. The Hall–Kier alpha value is -1.56. The number of phenolic OH excluding ortho intramolecular Hbond substituents is 1. The Labute approximate surface area is 99.8 Å². The summed E-state index contributed by atoms with van der Waals surface area (Å²) in [4.78, 5) is 22.1. The second kappa shape index (κ2) is 4.52. The minimum Gasteiger partial charge on any atom is -0.504 e. The minimum absolute atomic E-state index is 0.131. The number of carbonyl (C=O) groups is 2. The second-order valence-corrected chi connectivity index (χ2v) is 3.90. The summed E-state index contributed by atoms with van der Waals surface area (Å²) in [5.41, 5.74) is 0.254. The number of halogens is 1. The Morgan fingerprint density at radius 2 is 2.00 bits per heavy atom. The van der Waals surface area contributed by atoms with Crippen LogP contribution in [0.2, 0.25) is 0 Å². The minimum atomic E-state index is -1.60. The van der Waals surface area contributed by atoms with Gasteiger partial charge >= 0.3 is 5.97 Å². The number of methoxy groups -OCH3 is 1. The first kappa shape index (κ1) is 12.5. The number of ketones is 1. The SMILES string of the molecule is COc1c(O)cc(Br)c(C)c1C(=O)C(=O)O. The highest BCUT2D eigenvalue weighted by molar-refractivity contribution is 9.10. The molecule has 0 bridgehead atoms. The molecular formula is C10H9BrO5. The van der Waals surface area contributed by atoms with Gasteiger partial charge in [0, 0.05) is 4.47 Å². The fraction of sp³-hybridized carbons (Fsp3) is 0.200. The topological polar surface area (TPSA) is 83.8 Å². The Kier molecular flexibility index (Phi) is 3.54. The lowest BCUT2D eigenvalue weighted by Gasteiger charge is -2.12. The molecule has 0 aliphatic heterocycles. The van der Waals surface area contributed by atoms with E-state index in [1.807, 2.05) is 0 Å². The van der Waals surface area contributed by atoms with E-state index in [2.05, 4.69) is 15.9 Å². The highest BCUT2D eigenvalue weighted by Crippen LogP contribution is 2.37. The molecular weight excluding hydrogens is 280 g/mol. The molecule has 86 valence electrons. The number of ether oxygens (including phenoxy) is 1. The summed E-state index contributed by atoms with van der Waals surface area (Å²) in [6.45, 7) is 1.56. The molecule has 2 N–H and O–H groups in total. The summed E-state index contributed by atoms with van der Waals surface area (Å²) >= 11 is 3.12. The highest BCUT2D eigenvalue weighted by Gasteiger charge is 2.25. The molecule has 1 aromatic carbocycles. The van der Waals surface area contributed by atoms with Gasteiger partial charge < -0.3 is 14.9 Å². The number of phenols is 1. The molecule has 0 amide bonds. The van der Waals surface area contributed by atoms with Gasteiger partial charge in [-0.1, -0.05) is 15.9 Å². The van der Waals surface area contributed by atoms with Gasteiger partial charge in [0.05, 0.1) is 12.7 Å². The molecule has 0 spiro atoms. The van der Waals surface area contributed by atoms with Crippen LogP contribution in [0.15, 0.2) is 10.5 Å². The third kappa shape index (κ3) is 2.01. The van der Waals surface area contributed by atoms with Gasteiger partial charge in [0.2, 0.25) is 0 Å². The van der Waals surface area contributed by atoms with Gasteiger partial charge in [-0.3, -0.25) is 4.79 Å². The van der Waals surface area contributed by atoms with E-state index in [1.165, 1.54) is 13.2 Å². The third-order valence-electron chi connectivity index (χ3n) is 2.08. The number of carboxylic acids is 1. The molecule has 1 rings (SSSR count). The van der Waals surface area contributed by atoms with E-state index in [-0.39, 0.29) is 17.1 Å². The van der Waals surface area contributed by atoms with Crippen molar-refractivity contribution in [3.63, 3.8) is 0 Å². The molecule has 0 saturated heterocycles. The van der Waals surface area contributed by atoms with Crippen molar-refractivity contribution in [2.75, 3.05) is 7.11 Å². The molecule has 0 saturated carbocycles. The number of hydrogen-bond donors (Lipinski definition) is 2. The summed E-state index contributed by atoms with van der Waals surface area (Å²) in [6, 6.07) is 1.34. The molecule has 0 aromatic heterocycles. The van der Waals surface area contributed by atoms with Crippen molar-refractivity contribution < 1.29 is 24.5 Å². The largest absolute Gasteiger partial charge is 0.504 e. The number of rotatable bonds is 3. The fourth-order valence-electron chi connectivity index (χ4n) is 1.30. The maximum Gasteiger partial charge on any atom is 0.377 e. The molecule has 5 nitrogen and oxygen atoms in total. The zero-order chi connectivity index (χ0) is 12.5. The number of aromatic hydroxyl groups is 1. The lowest BCUT2D eigenvalue weighted by Crippen LogP contribution is -2.15. The van der Waals surface area contributed by atoms with Crippen molar-refractivity contribution in [2.45, 2.75) is 6.92 Å². The van der Waals surface area contributed by atoms with E-state index in [0.717, 1.165) is 0 Å². The standard InChI is InChI=1S/C10H9BrO5/c1-4-5(11)3-6(12)9(16-2)7(4)8(13)10(14)15/h3,12H,1-2H3,(H,14,15). The van der Waals surface area contributed by atoms with Crippen molar-refractivity contribution in [3.8, 4) is 11.5 Å². The van der Waals surface area contributed by atoms with E-state index in [1.54, 1.807) is 6.92 Å². The normalized spacial score (nSPS) is 9.94. The molecule has 0 aliphatic rings. The molecule has 1 aromatic rings. The van der Waals surface area contributed by atoms with Crippen molar-refractivity contribution >= 4 is 27.7 Å². The van der Waals surface area contributed by atoms with Crippen LogP contribution in [0, 0.1) is 6.92 Å². The van der Waals surface area contributed by atoms with E-state index < -0.39 is 11.8 Å². The number of carboxylic acid groups (broad SMARTS) is 1. The van der Waals surface area contributed by atoms with Crippen LogP contribution < -0.4 is 4.74 Å². The van der Waals surface area contributed by atoms with E-state index in [9.17, 15) is 14.7 Å². The molecule has 0 aliphatic carbocycles. The van der Waals surface area contributed by atoms with Gasteiger partial charge in [0.15, 0.2) is 11.5 Å². The maximum atomic E-state index is 11.4. The van der Waals surface area contributed by atoms with Crippen LogP contribution in [0.25, 0.3) is 0 Å². The van der Waals surface area contributed by atoms with Crippen LogP contribution in [-0.4, -0.2) is 29.1 Å². The summed E-state index contributed by atoms with van der Waals surface area (Å²) in [6.07, 6.45) is 0. The van der Waals surface area contributed by atoms with Crippen LogP contribution in [0.1, 0.15) is 15.9 Å². The van der Waals surface area contributed by atoms with Crippen LogP contribution in [-0.2, 0) is 4.79 Å². The smallest absolute Gasteiger partial charge is 0.377 e. The quantitative estimate of drug-likeness (QED) is 0.654. The number of aliphatic carboxylic acids is 1. The highest BCUT2D eigenvalue weighted by atomic mass is 79.9. The van der Waals surface area contributed by atoms with E-state index in [4.69, 9.17) is 9.84 Å². The molecule has 6 heteroatoms. The first-order chi connectivity index (χ1) is 7.40. The Morgan fingerprint density at radius 1 is 1.44 bits per heavy atom. The Balaban J connectivity index is 3.57. The van der Waals surface area contributed by atoms with Gasteiger partial charge in [-0.2, -0.15) is 0 Å². The maximum absolute atomic E-state index is 11.4. The number of carbonyl (C=O) groups excluding carboxylic acids is 1. The molecule has 16 heavy (non-hydrogen) atoms. The summed E-state index contributed by atoms with van der Waals surface area (Å²) in [7, 11) is 1.25. The molecule has 0 atom stereocenters. The van der Waals surface area contributed by atoms with Crippen molar-refractivity contribution in [1.82, 2.24) is 0 Å². The van der Waals surface area contributed by atoms with Gasteiger partial charge in [-0.05, 0) is 18.6 Å². The predicted octanol–water partition coefficient (Wildman–Crippen LogP) is 1.74. The van der Waals surface area contributed by atoms with Crippen molar-refractivity contribution in [3.05, 3.63) is 21.7 Å². The van der Waals surface area contributed by atoms with Crippen LogP contribution in [0.5, 0.6) is 11.5 Å². The lowest BCUT2D eigenvalue weighted by molar-refractivity contribution is -0.131. The molecule has 0 fully saturated rings. The monoisotopic (exact) mass is 288 g/mol. The predicted molar refractivity (Wildman–Crippen MR) is 59.1 cm³/mol. The molecule has 0 unspecified atom stereocenters. The summed E-state index contributed by atoms with van der Waals surface area (Å²) in [5.74, 6) is -3.14. The second-order valence-electron chi connectivity index (χ2n) is 3.05. The average molecular weight is 289 g/mol. The first-order valence-corrected chi connectivity index (χ1v) is 5.03. The van der Waals surface area contributed by atoms with Crippen molar-refractivity contribution in [2.24, 2.45) is 0 Å². The average Bonchev–Trinajstić information content (AvgIpc) is 2.21. The third-order valence-corrected chi connectivity index (χ3v) is 2.91. The van der Waals surface area contributed by atoms with Gasteiger partial charge in [0.25, 0.3) is 5.78 Å². The van der Waals surface area contributed by atoms with Crippen LogP contribution in [0.4, 0.5) is 0 Å². The van der Waals surface area contributed by atoms with Crippen LogP contribution in [0.3, 0.4) is 0 Å². The molecule has 0 radical (unpaired) electrons. The first-order valence-electron chi connectivity index (χ1n) is 4.23. The van der Waals surface area contributed by atoms with Crippen LogP contribution >= 0.6 is 15.9 Å². The van der Waals surface area contributed by atoms with Gasteiger partial charge in [-0.15, -0.1) is 0 Å². The molecule has 0 heterocycles. The van der Waals surface area contributed by atoms with Gasteiger partial charge in [0.1, 0.15) is 0 Å². The van der Waals surface area contributed by atoms with E-state index in [0.29, 0.717) is 10.0 Å². The van der Waals surface area contributed by atoms with E-state index >= 15 is 0 Å². The number of benzene rings is 1. The summed E-state index contributed by atoms with van der Waals surface area (Å²) in [5, 5.41) is 18.2. The summed E-state index contributed by atoms with van der Waals surface area (Å²) < 4.78 is 5.27. The van der Waals surface area contributed by atoms with Gasteiger partial charge in [-0.25, -0.2) is 4.79 Å². The number of Topliss-reactive ketones (excluding diaryl/α,β-unsaturated/α-hetero) is 1. The Bertz CT molecular complexity index is 467. The lowest BCUT2D eigenvalue weighted by atomic mass is 10.0. The number of hydrogen-bond acceptors (Lipinski definition) is 4.